The van der Waals surface area contributed by atoms with E-state index >= 15 is 0 Å². The number of hydrogen-bond donors (Lipinski definition) is 2. The Labute approximate surface area is 226 Å². The summed E-state index contributed by atoms with van der Waals surface area (Å²) in [5.74, 6) is 0.961. The quantitative estimate of drug-likeness (QED) is 0.500. The van der Waals surface area contributed by atoms with Gasteiger partial charge in [0.25, 0.3) is 0 Å². The van der Waals surface area contributed by atoms with Crippen molar-refractivity contribution in [2.75, 3.05) is 23.3 Å². The number of alkyl carbamates (subject to hydrolysis) is 1. The number of piperidine rings is 1. The maximum absolute atomic E-state index is 12.7. The molecule has 1 spiro atoms. The maximum Gasteiger partial charge on any atom is 0.413 e. The average molecular weight is 576 g/mol. The lowest BCUT2D eigenvalue weighted by Crippen LogP contribution is -2.48. The minimum atomic E-state index is -0.625. The number of rotatable bonds is 3. The summed E-state index contributed by atoms with van der Waals surface area (Å²) in [6.07, 6.45) is 4.89. The van der Waals surface area contributed by atoms with Crippen molar-refractivity contribution >= 4 is 39.8 Å². The Morgan fingerprint density at radius 3 is 2.35 bits per heavy atom. The Morgan fingerprint density at radius 2 is 1.70 bits per heavy atom. The highest BCUT2D eigenvalue weighted by molar-refractivity contribution is 9.10. The number of carbonyl (C=O) groups is 2. The van der Waals surface area contributed by atoms with Crippen molar-refractivity contribution in [1.82, 2.24) is 20.3 Å². The van der Waals surface area contributed by atoms with Gasteiger partial charge in [-0.05, 0) is 88.4 Å². The van der Waals surface area contributed by atoms with E-state index in [-0.39, 0.29) is 11.5 Å². The Bertz CT molecular complexity index is 1170. The van der Waals surface area contributed by atoms with Gasteiger partial charge in [-0.15, -0.1) is 0 Å². The van der Waals surface area contributed by atoms with Crippen LogP contribution in [0, 0.1) is 5.41 Å². The molecular weight excluding hydrogens is 540 g/mol. The van der Waals surface area contributed by atoms with Gasteiger partial charge in [-0.2, -0.15) is 0 Å². The molecule has 2 aliphatic rings. The first-order chi connectivity index (χ1) is 17.2. The first-order valence-electron chi connectivity index (χ1n) is 12.5. The summed E-state index contributed by atoms with van der Waals surface area (Å²) in [6, 6.07) is 3.77. The lowest BCUT2D eigenvalue weighted by Gasteiger charge is -2.43. The summed E-state index contributed by atoms with van der Waals surface area (Å²) in [4.78, 5) is 40.8. The first kappa shape index (κ1) is 27.1. The Balaban J connectivity index is 1.49. The summed E-state index contributed by atoms with van der Waals surface area (Å²) in [5.41, 5.74) is 0.686. The largest absolute Gasteiger partial charge is 0.444 e. The van der Waals surface area contributed by atoms with Crippen molar-refractivity contribution in [3.8, 4) is 0 Å². The zero-order valence-electron chi connectivity index (χ0n) is 22.2. The third-order valence-corrected chi connectivity index (χ3v) is 7.03. The predicted molar refractivity (Wildman–Crippen MR) is 144 cm³/mol. The van der Waals surface area contributed by atoms with Gasteiger partial charge in [-0.3, -0.25) is 10.3 Å². The lowest BCUT2D eigenvalue weighted by molar-refractivity contribution is 0.0427. The van der Waals surface area contributed by atoms with Gasteiger partial charge in [0, 0.05) is 30.4 Å². The molecule has 3 heterocycles. The number of hydrogen-bond acceptors (Lipinski definition) is 8. The molecule has 0 aromatic carbocycles. The van der Waals surface area contributed by atoms with E-state index in [9.17, 15) is 9.59 Å². The van der Waals surface area contributed by atoms with Crippen LogP contribution in [0.4, 0.5) is 21.2 Å². The molecule has 0 unspecified atom stereocenters. The van der Waals surface area contributed by atoms with Crippen LogP contribution in [0.25, 0.3) is 0 Å². The normalized spacial score (nSPS) is 18.8. The van der Waals surface area contributed by atoms with Crippen LogP contribution in [-0.2, 0) is 15.9 Å². The molecule has 0 bridgehead atoms. The molecule has 1 fully saturated rings. The van der Waals surface area contributed by atoms with E-state index in [0.29, 0.717) is 29.3 Å². The molecule has 0 radical (unpaired) electrons. The molecular formula is C26H35BrN6O4. The number of nitrogens with one attached hydrogen (secondary N) is 2. The fourth-order valence-electron chi connectivity index (χ4n) is 4.93. The molecule has 200 valence electrons. The molecule has 1 atom stereocenters. The Kier molecular flexibility index (Phi) is 7.38. The lowest BCUT2D eigenvalue weighted by atomic mass is 9.73. The zero-order chi connectivity index (χ0) is 27.0. The number of aromatic nitrogens is 3. The number of carbonyl (C=O) groups excluding carboxylic acids is 2. The van der Waals surface area contributed by atoms with Crippen molar-refractivity contribution in [3.05, 3.63) is 40.4 Å². The zero-order valence-corrected chi connectivity index (χ0v) is 23.8. The van der Waals surface area contributed by atoms with Crippen LogP contribution in [-0.4, -0.2) is 51.4 Å². The molecule has 1 aliphatic carbocycles. The summed E-state index contributed by atoms with van der Waals surface area (Å²) < 4.78 is 11.3. The molecule has 1 aliphatic heterocycles. The van der Waals surface area contributed by atoms with Crippen molar-refractivity contribution in [2.45, 2.75) is 78.0 Å². The Hall–Kier alpha value is -2.95. The molecule has 11 heteroatoms. The molecule has 2 N–H and O–H groups in total. The van der Waals surface area contributed by atoms with Crippen LogP contribution < -0.4 is 15.5 Å². The highest BCUT2D eigenvalue weighted by atomic mass is 79.9. The van der Waals surface area contributed by atoms with E-state index in [1.54, 1.807) is 33.2 Å². The van der Waals surface area contributed by atoms with Crippen LogP contribution >= 0.6 is 15.9 Å². The first-order valence-corrected chi connectivity index (χ1v) is 13.2. The van der Waals surface area contributed by atoms with Gasteiger partial charge in [0.05, 0.1) is 12.2 Å². The van der Waals surface area contributed by atoms with Gasteiger partial charge in [-0.25, -0.2) is 19.6 Å². The second kappa shape index (κ2) is 10.1. The fourth-order valence-corrected chi connectivity index (χ4v) is 5.22. The van der Waals surface area contributed by atoms with Gasteiger partial charge >= 0.3 is 12.2 Å². The van der Waals surface area contributed by atoms with Crippen LogP contribution in [0.5, 0.6) is 0 Å². The van der Waals surface area contributed by atoms with E-state index < -0.39 is 23.4 Å². The number of ether oxygens (including phenoxy) is 2. The van der Waals surface area contributed by atoms with Crippen molar-refractivity contribution in [3.63, 3.8) is 0 Å². The molecule has 10 nitrogen and oxygen atoms in total. The standard InChI is InChI=1S/C26H35BrN6O4/c1-24(2,3)36-22(34)31-19-16-8-7-11-28-17(16)14-26(19)9-12-33(13-10-26)18-15-29-20(27)21(30-18)32-23(35)37-25(4,5)6/h7-8,11,15,19H,9-10,12-14H2,1-6H3,(H,31,34)(H,30,32,35)/t19-/m1/s1. The number of nitrogens with zero attached hydrogens (tertiary/aromatic N) is 4. The molecule has 2 aromatic rings. The smallest absolute Gasteiger partial charge is 0.413 e. The van der Waals surface area contributed by atoms with Crippen molar-refractivity contribution < 1.29 is 19.1 Å². The van der Waals surface area contributed by atoms with Crippen molar-refractivity contribution in [2.24, 2.45) is 5.41 Å². The maximum atomic E-state index is 12.7. The van der Waals surface area contributed by atoms with E-state index in [1.165, 1.54) is 0 Å². The monoisotopic (exact) mass is 574 g/mol. The van der Waals surface area contributed by atoms with Crippen LogP contribution in [0.2, 0.25) is 0 Å². The SMILES string of the molecule is CC(C)(C)OC(=O)Nc1nc(N2CCC3(CC2)Cc2ncccc2[C@H]3NC(=O)OC(C)(C)C)cnc1Br. The molecule has 1 saturated heterocycles. The number of anilines is 2. The molecule has 2 amide bonds. The van der Waals surface area contributed by atoms with Gasteiger partial charge < -0.3 is 19.7 Å². The van der Waals surface area contributed by atoms with Crippen LogP contribution in [0.1, 0.15) is 71.7 Å². The average Bonchev–Trinajstić information content (AvgIpc) is 3.06. The van der Waals surface area contributed by atoms with Crippen LogP contribution in [0.3, 0.4) is 0 Å². The minimum Gasteiger partial charge on any atom is -0.444 e. The highest BCUT2D eigenvalue weighted by Gasteiger charge is 2.49. The van der Waals surface area contributed by atoms with Gasteiger partial charge in [0.15, 0.2) is 5.82 Å². The van der Waals surface area contributed by atoms with E-state index in [4.69, 9.17) is 9.47 Å². The number of pyridine rings is 1. The van der Waals surface area contributed by atoms with E-state index in [2.05, 4.69) is 46.4 Å². The molecule has 2 aromatic heterocycles. The topological polar surface area (TPSA) is 119 Å². The summed E-state index contributed by atoms with van der Waals surface area (Å²) in [7, 11) is 0. The number of fused-ring (bicyclic) bond motifs is 1. The van der Waals surface area contributed by atoms with E-state index in [0.717, 1.165) is 30.5 Å². The molecule has 37 heavy (non-hydrogen) atoms. The second-order valence-electron chi connectivity index (χ2n) is 11.6. The molecule has 4 rings (SSSR count). The summed E-state index contributed by atoms with van der Waals surface area (Å²) >= 11 is 3.36. The summed E-state index contributed by atoms with van der Waals surface area (Å²) in [5, 5.41) is 5.82. The van der Waals surface area contributed by atoms with Crippen LogP contribution in [0.15, 0.2) is 29.1 Å². The van der Waals surface area contributed by atoms with E-state index in [1.807, 2.05) is 32.9 Å². The van der Waals surface area contributed by atoms with Gasteiger partial charge in [0.2, 0.25) is 0 Å². The highest BCUT2D eigenvalue weighted by Crippen LogP contribution is 2.51. The minimum absolute atomic E-state index is 0.176. The van der Waals surface area contributed by atoms with Gasteiger partial charge in [0.1, 0.15) is 21.6 Å². The number of amides is 2. The van der Waals surface area contributed by atoms with Gasteiger partial charge in [-0.1, -0.05) is 6.07 Å². The third-order valence-electron chi connectivity index (χ3n) is 6.45. The molecule has 0 saturated carbocycles. The summed E-state index contributed by atoms with van der Waals surface area (Å²) in [6.45, 7) is 12.4. The Morgan fingerprint density at radius 1 is 1.05 bits per heavy atom. The third kappa shape index (κ3) is 6.49. The second-order valence-corrected chi connectivity index (χ2v) is 12.4. The predicted octanol–water partition coefficient (Wildman–Crippen LogP) is 5.39. The fraction of sp³-hybridized carbons (Fsp3) is 0.577. The number of halogens is 1. The van der Waals surface area contributed by atoms with Crippen molar-refractivity contribution in [1.29, 1.82) is 0 Å².